The second-order valence-corrected chi connectivity index (χ2v) is 6.47. The zero-order valence-corrected chi connectivity index (χ0v) is 12.3. The summed E-state index contributed by atoms with van der Waals surface area (Å²) in [6.07, 6.45) is 3.59. The smallest absolute Gasteiger partial charge is 0.316 e. The number of carboxylic acids is 1. The predicted molar refractivity (Wildman–Crippen MR) is 79.1 cm³/mol. The highest BCUT2D eigenvalue weighted by atomic mass is 32.2. The Kier molecular flexibility index (Phi) is 5.06. The van der Waals surface area contributed by atoms with Gasteiger partial charge in [-0.3, -0.25) is 9.59 Å². The lowest BCUT2D eigenvalue weighted by molar-refractivity contribution is -0.136. The first-order valence-electron chi connectivity index (χ1n) is 6.84. The van der Waals surface area contributed by atoms with Crippen LogP contribution in [0.15, 0.2) is 29.2 Å². The molecule has 1 unspecified atom stereocenters. The summed E-state index contributed by atoms with van der Waals surface area (Å²) in [7, 11) is 0. The van der Waals surface area contributed by atoms with Crippen molar-refractivity contribution < 1.29 is 14.7 Å². The van der Waals surface area contributed by atoms with Crippen LogP contribution in [-0.2, 0) is 4.79 Å². The lowest BCUT2D eigenvalue weighted by Gasteiger charge is -2.11. The van der Waals surface area contributed by atoms with Crippen LogP contribution in [0.25, 0.3) is 0 Å². The van der Waals surface area contributed by atoms with Gasteiger partial charge in [0.25, 0.3) is 5.91 Å². The number of carbonyl (C=O) groups excluding carboxylic acids is 1. The zero-order valence-electron chi connectivity index (χ0n) is 11.5. The zero-order chi connectivity index (χ0) is 14.5. The average Bonchev–Trinajstić information content (AvgIpc) is 3.23. The summed E-state index contributed by atoms with van der Waals surface area (Å²) in [6.45, 7) is 2.31. The number of thioether (sulfide) groups is 1. The number of nitrogens with one attached hydrogen (secondary N) is 1. The Morgan fingerprint density at radius 2 is 2.10 bits per heavy atom. The lowest BCUT2D eigenvalue weighted by atomic mass is 10.2. The second-order valence-electron chi connectivity index (χ2n) is 5.08. The Bertz CT molecular complexity index is 500. The van der Waals surface area contributed by atoms with Crippen LogP contribution in [0.1, 0.15) is 36.5 Å². The molecular formula is C15H19NO3S. The molecule has 0 bridgehead atoms. The molecule has 20 heavy (non-hydrogen) atoms. The number of rotatable bonds is 7. The van der Waals surface area contributed by atoms with Gasteiger partial charge in [-0.15, -0.1) is 11.8 Å². The number of hydrogen-bond donors (Lipinski definition) is 2. The first-order chi connectivity index (χ1) is 9.58. The molecule has 1 aromatic carbocycles. The number of carboxylic acid groups (broad SMARTS) is 1. The molecule has 1 aliphatic carbocycles. The molecule has 1 saturated carbocycles. The molecule has 2 N–H and O–H groups in total. The minimum Gasteiger partial charge on any atom is -0.480 e. The molecule has 2 rings (SSSR count). The van der Waals surface area contributed by atoms with Crippen molar-refractivity contribution in [2.24, 2.45) is 5.92 Å². The van der Waals surface area contributed by atoms with Gasteiger partial charge >= 0.3 is 5.97 Å². The number of hydrogen-bond acceptors (Lipinski definition) is 3. The van der Waals surface area contributed by atoms with Crippen molar-refractivity contribution in [2.75, 3.05) is 6.54 Å². The van der Waals surface area contributed by atoms with Gasteiger partial charge in [0, 0.05) is 11.4 Å². The maximum atomic E-state index is 12.1. The van der Waals surface area contributed by atoms with Gasteiger partial charge in [-0.25, -0.2) is 0 Å². The van der Waals surface area contributed by atoms with E-state index in [1.54, 1.807) is 25.1 Å². The summed E-state index contributed by atoms with van der Waals surface area (Å²) in [5.74, 6) is -0.211. The largest absolute Gasteiger partial charge is 0.480 e. The van der Waals surface area contributed by atoms with E-state index >= 15 is 0 Å². The van der Waals surface area contributed by atoms with Crippen molar-refractivity contribution in [3.8, 4) is 0 Å². The molecule has 1 amide bonds. The highest BCUT2D eigenvalue weighted by molar-refractivity contribution is 8.00. The van der Waals surface area contributed by atoms with Crippen LogP contribution in [0.5, 0.6) is 0 Å². The van der Waals surface area contributed by atoms with Gasteiger partial charge in [-0.05, 0) is 31.4 Å². The van der Waals surface area contributed by atoms with E-state index in [2.05, 4.69) is 5.32 Å². The SMILES string of the molecule is CC(Sc1ccccc1C(=O)NCCC1CC1)C(=O)O. The molecule has 0 aliphatic heterocycles. The minimum atomic E-state index is -0.876. The molecule has 0 radical (unpaired) electrons. The van der Waals surface area contributed by atoms with Gasteiger partial charge < -0.3 is 10.4 Å². The van der Waals surface area contributed by atoms with Gasteiger partial charge in [-0.1, -0.05) is 25.0 Å². The third-order valence-corrected chi connectivity index (χ3v) is 4.48. The highest BCUT2D eigenvalue weighted by Crippen LogP contribution is 2.32. The molecular weight excluding hydrogens is 274 g/mol. The van der Waals surface area contributed by atoms with Crippen LogP contribution >= 0.6 is 11.8 Å². The Morgan fingerprint density at radius 3 is 2.75 bits per heavy atom. The van der Waals surface area contributed by atoms with Crippen molar-refractivity contribution in [1.82, 2.24) is 5.32 Å². The summed E-state index contributed by atoms with van der Waals surface area (Å²) in [5, 5.41) is 11.3. The van der Waals surface area contributed by atoms with E-state index in [0.717, 1.165) is 12.3 Å². The molecule has 0 saturated heterocycles. The Labute approximate surface area is 123 Å². The van der Waals surface area contributed by atoms with Gasteiger partial charge in [0.15, 0.2) is 0 Å². The van der Waals surface area contributed by atoms with Crippen molar-refractivity contribution in [3.05, 3.63) is 29.8 Å². The van der Waals surface area contributed by atoms with Crippen molar-refractivity contribution in [1.29, 1.82) is 0 Å². The molecule has 0 heterocycles. The third-order valence-electron chi connectivity index (χ3n) is 3.32. The van der Waals surface area contributed by atoms with Crippen LogP contribution in [-0.4, -0.2) is 28.8 Å². The summed E-state index contributed by atoms with van der Waals surface area (Å²) >= 11 is 1.20. The average molecular weight is 293 g/mol. The summed E-state index contributed by atoms with van der Waals surface area (Å²) < 4.78 is 0. The summed E-state index contributed by atoms with van der Waals surface area (Å²) in [6, 6.07) is 7.15. The normalized spacial score (nSPS) is 15.7. The highest BCUT2D eigenvalue weighted by Gasteiger charge is 2.21. The Balaban J connectivity index is 1.97. The molecule has 108 valence electrons. The second kappa shape index (κ2) is 6.79. The molecule has 1 aromatic rings. The molecule has 1 aliphatic rings. The molecule has 0 aromatic heterocycles. The van der Waals surface area contributed by atoms with Crippen LogP contribution in [0.4, 0.5) is 0 Å². The quantitative estimate of drug-likeness (QED) is 0.759. The van der Waals surface area contributed by atoms with Crippen molar-refractivity contribution in [3.63, 3.8) is 0 Å². The first-order valence-corrected chi connectivity index (χ1v) is 7.72. The van der Waals surface area contributed by atoms with E-state index in [4.69, 9.17) is 5.11 Å². The van der Waals surface area contributed by atoms with E-state index in [1.807, 2.05) is 6.07 Å². The topological polar surface area (TPSA) is 66.4 Å². The molecule has 0 spiro atoms. The number of carbonyl (C=O) groups is 2. The Morgan fingerprint density at radius 1 is 1.40 bits per heavy atom. The fraction of sp³-hybridized carbons (Fsp3) is 0.467. The van der Waals surface area contributed by atoms with Gasteiger partial charge in [0.1, 0.15) is 5.25 Å². The standard InChI is InChI=1S/C15H19NO3S/c1-10(15(18)19)20-13-5-3-2-4-12(13)14(17)16-9-8-11-6-7-11/h2-5,10-11H,6-9H2,1H3,(H,16,17)(H,18,19). The number of aliphatic carboxylic acids is 1. The first kappa shape index (κ1) is 14.9. The van der Waals surface area contributed by atoms with E-state index in [9.17, 15) is 9.59 Å². The minimum absolute atomic E-state index is 0.119. The van der Waals surface area contributed by atoms with Crippen molar-refractivity contribution >= 4 is 23.6 Å². The van der Waals surface area contributed by atoms with Crippen LogP contribution in [0, 0.1) is 5.92 Å². The summed E-state index contributed by atoms with van der Waals surface area (Å²) in [4.78, 5) is 23.8. The van der Waals surface area contributed by atoms with E-state index < -0.39 is 11.2 Å². The van der Waals surface area contributed by atoms with Crippen LogP contribution in [0.2, 0.25) is 0 Å². The fourth-order valence-electron chi connectivity index (χ4n) is 1.89. The van der Waals surface area contributed by atoms with Gasteiger partial charge in [0.2, 0.25) is 0 Å². The van der Waals surface area contributed by atoms with E-state index in [1.165, 1.54) is 24.6 Å². The monoisotopic (exact) mass is 293 g/mol. The maximum Gasteiger partial charge on any atom is 0.316 e. The number of amides is 1. The lowest BCUT2D eigenvalue weighted by Crippen LogP contribution is -2.25. The predicted octanol–water partition coefficient (Wildman–Crippen LogP) is 2.78. The Hall–Kier alpha value is -1.49. The van der Waals surface area contributed by atoms with E-state index in [0.29, 0.717) is 17.0 Å². The van der Waals surface area contributed by atoms with Crippen LogP contribution < -0.4 is 5.32 Å². The summed E-state index contributed by atoms with van der Waals surface area (Å²) in [5.41, 5.74) is 0.557. The maximum absolute atomic E-state index is 12.1. The fourth-order valence-corrected chi connectivity index (χ4v) is 2.82. The van der Waals surface area contributed by atoms with E-state index in [-0.39, 0.29) is 5.91 Å². The van der Waals surface area contributed by atoms with Crippen molar-refractivity contribution in [2.45, 2.75) is 36.3 Å². The van der Waals surface area contributed by atoms with Gasteiger partial charge in [0.05, 0.1) is 5.56 Å². The molecule has 1 atom stereocenters. The number of benzene rings is 1. The van der Waals surface area contributed by atoms with Gasteiger partial charge in [-0.2, -0.15) is 0 Å². The van der Waals surface area contributed by atoms with Crippen LogP contribution in [0.3, 0.4) is 0 Å². The molecule has 5 heteroatoms. The third kappa shape index (κ3) is 4.27. The molecule has 1 fully saturated rings. The molecule has 4 nitrogen and oxygen atoms in total.